The van der Waals surface area contributed by atoms with Gasteiger partial charge in [0.15, 0.2) is 0 Å². The lowest BCUT2D eigenvalue weighted by Crippen LogP contribution is -2.04. The summed E-state index contributed by atoms with van der Waals surface area (Å²) < 4.78 is 37.5. The Kier molecular flexibility index (Phi) is 2.20. The first-order valence-electron chi connectivity index (χ1n) is 3.64. The van der Waals surface area contributed by atoms with Crippen molar-refractivity contribution in [2.75, 3.05) is 0 Å². The highest BCUT2D eigenvalue weighted by atomic mass is 35.5. The Balaban J connectivity index is 2.70. The number of fused-ring (bicyclic) bond motifs is 1. The van der Waals surface area contributed by atoms with E-state index in [9.17, 15) is 13.2 Å². The lowest BCUT2D eigenvalue weighted by Gasteiger charge is -2.06. The van der Waals surface area contributed by atoms with E-state index in [0.29, 0.717) is 10.1 Å². The van der Waals surface area contributed by atoms with E-state index in [2.05, 4.69) is 6.07 Å². The monoisotopic (exact) mass is 235 g/mol. The van der Waals surface area contributed by atoms with Crippen molar-refractivity contribution in [3.63, 3.8) is 0 Å². The molecule has 1 heterocycles. The second kappa shape index (κ2) is 3.14. The fraction of sp³-hybridized carbons (Fsp3) is 0.111. The predicted octanol–water partition coefficient (Wildman–Crippen LogP) is 4.37. The van der Waals surface area contributed by atoms with Crippen LogP contribution in [0.4, 0.5) is 13.2 Å². The Morgan fingerprint density at radius 3 is 2.64 bits per heavy atom. The predicted molar refractivity (Wildman–Crippen MR) is 50.7 cm³/mol. The molecule has 2 rings (SSSR count). The van der Waals surface area contributed by atoms with Crippen molar-refractivity contribution >= 4 is 33.0 Å². The maximum atomic E-state index is 12.3. The first-order valence-corrected chi connectivity index (χ1v) is 4.90. The highest BCUT2D eigenvalue weighted by Gasteiger charge is 2.31. The maximum Gasteiger partial charge on any atom is 0.416 e. The van der Waals surface area contributed by atoms with Crippen LogP contribution in [0.15, 0.2) is 17.5 Å². The van der Waals surface area contributed by atoms with Crippen molar-refractivity contribution < 1.29 is 13.2 Å². The number of hydrogen-bond acceptors (Lipinski definition) is 1. The first kappa shape index (κ1) is 9.80. The SMILES string of the molecule is FC(F)(F)c1cc(Cl)c2[c]csc2c1. The van der Waals surface area contributed by atoms with Crippen molar-refractivity contribution in [1.29, 1.82) is 0 Å². The summed E-state index contributed by atoms with van der Waals surface area (Å²) in [4.78, 5) is 0. The quantitative estimate of drug-likeness (QED) is 0.636. The molecule has 0 saturated carbocycles. The minimum absolute atomic E-state index is 0.0936. The molecule has 14 heavy (non-hydrogen) atoms. The van der Waals surface area contributed by atoms with Gasteiger partial charge in [0, 0.05) is 16.2 Å². The van der Waals surface area contributed by atoms with Crippen LogP contribution >= 0.6 is 22.9 Å². The topological polar surface area (TPSA) is 0 Å². The van der Waals surface area contributed by atoms with Gasteiger partial charge in [0.2, 0.25) is 0 Å². The van der Waals surface area contributed by atoms with E-state index in [1.165, 1.54) is 11.3 Å². The van der Waals surface area contributed by atoms with E-state index >= 15 is 0 Å². The number of thiophene rings is 1. The van der Waals surface area contributed by atoms with E-state index in [4.69, 9.17) is 11.6 Å². The summed E-state index contributed by atoms with van der Waals surface area (Å²) >= 11 is 6.88. The zero-order valence-electron chi connectivity index (χ0n) is 6.65. The molecular weight excluding hydrogens is 233 g/mol. The molecule has 0 spiro atoms. The number of hydrogen-bond donors (Lipinski definition) is 0. The van der Waals surface area contributed by atoms with Gasteiger partial charge >= 0.3 is 6.18 Å². The molecule has 73 valence electrons. The molecule has 0 unspecified atom stereocenters. The van der Waals surface area contributed by atoms with E-state index in [-0.39, 0.29) is 5.02 Å². The highest BCUT2D eigenvalue weighted by Crippen LogP contribution is 2.36. The largest absolute Gasteiger partial charge is 0.416 e. The molecule has 1 radical (unpaired) electrons. The summed E-state index contributed by atoms with van der Waals surface area (Å²) in [5.74, 6) is 0. The zero-order valence-corrected chi connectivity index (χ0v) is 8.22. The molecular formula is C9H3ClF3S. The molecule has 0 aliphatic carbocycles. The third-order valence-electron chi connectivity index (χ3n) is 1.77. The second-order valence-electron chi connectivity index (χ2n) is 2.71. The molecule has 0 fully saturated rings. The Labute approximate surface area is 86.9 Å². The van der Waals surface area contributed by atoms with Gasteiger partial charge in [-0.3, -0.25) is 0 Å². The van der Waals surface area contributed by atoms with Gasteiger partial charge in [-0.25, -0.2) is 0 Å². The lowest BCUT2D eigenvalue weighted by molar-refractivity contribution is -0.137. The second-order valence-corrected chi connectivity index (χ2v) is 4.03. The normalized spacial score (nSPS) is 12.3. The molecule has 0 N–H and O–H groups in total. The fourth-order valence-corrected chi connectivity index (χ4v) is 2.25. The average Bonchev–Trinajstić information content (AvgIpc) is 2.50. The van der Waals surface area contributed by atoms with Crippen LogP contribution in [-0.4, -0.2) is 0 Å². The van der Waals surface area contributed by atoms with Gasteiger partial charge in [-0.1, -0.05) is 11.6 Å². The van der Waals surface area contributed by atoms with E-state index in [0.717, 1.165) is 12.1 Å². The lowest BCUT2D eigenvalue weighted by atomic mass is 10.2. The van der Waals surface area contributed by atoms with Crippen molar-refractivity contribution in [2.24, 2.45) is 0 Å². The number of rotatable bonds is 0. The molecule has 2 aromatic rings. The number of alkyl halides is 3. The molecule has 0 amide bonds. The molecule has 5 heteroatoms. The van der Waals surface area contributed by atoms with Crippen LogP contribution < -0.4 is 0 Å². The van der Waals surface area contributed by atoms with Gasteiger partial charge < -0.3 is 0 Å². The minimum atomic E-state index is -4.35. The Morgan fingerprint density at radius 1 is 1.29 bits per heavy atom. The van der Waals surface area contributed by atoms with Crippen LogP contribution in [0.3, 0.4) is 0 Å². The van der Waals surface area contributed by atoms with Crippen LogP contribution in [0, 0.1) is 6.07 Å². The summed E-state index contributed by atoms with van der Waals surface area (Å²) in [6.45, 7) is 0. The third kappa shape index (κ3) is 1.60. The van der Waals surface area contributed by atoms with Gasteiger partial charge in [-0.05, 0) is 17.5 Å². The van der Waals surface area contributed by atoms with Gasteiger partial charge in [0.25, 0.3) is 0 Å². The van der Waals surface area contributed by atoms with Gasteiger partial charge in [0.05, 0.1) is 10.6 Å². The smallest absolute Gasteiger partial charge is 0.166 e. The molecule has 1 aromatic carbocycles. The fourth-order valence-electron chi connectivity index (χ4n) is 1.13. The van der Waals surface area contributed by atoms with Gasteiger partial charge in [-0.2, -0.15) is 13.2 Å². The first-order chi connectivity index (χ1) is 6.48. The van der Waals surface area contributed by atoms with Crippen LogP contribution in [0.2, 0.25) is 5.02 Å². The van der Waals surface area contributed by atoms with Crippen LogP contribution in [0.5, 0.6) is 0 Å². The Morgan fingerprint density at radius 2 is 2.00 bits per heavy atom. The Hall–Kier alpha value is -0.740. The van der Waals surface area contributed by atoms with Crippen LogP contribution in [0.25, 0.3) is 10.1 Å². The molecule has 0 aliphatic heterocycles. The van der Waals surface area contributed by atoms with Crippen molar-refractivity contribution in [2.45, 2.75) is 6.18 Å². The van der Waals surface area contributed by atoms with Crippen molar-refractivity contribution in [3.05, 3.63) is 34.2 Å². The maximum absolute atomic E-state index is 12.3. The number of halogens is 4. The Bertz CT molecular complexity index is 472. The molecule has 0 nitrogen and oxygen atoms in total. The summed E-state index contributed by atoms with van der Waals surface area (Å²) in [7, 11) is 0. The average molecular weight is 236 g/mol. The van der Waals surface area contributed by atoms with Gasteiger partial charge in [-0.15, -0.1) is 11.3 Å². The van der Waals surface area contributed by atoms with Crippen LogP contribution in [0.1, 0.15) is 5.56 Å². The summed E-state index contributed by atoms with van der Waals surface area (Å²) in [5, 5.41) is 2.23. The van der Waals surface area contributed by atoms with Crippen LogP contribution in [-0.2, 0) is 6.18 Å². The third-order valence-corrected chi connectivity index (χ3v) is 2.88. The standard InChI is InChI=1S/C9H3ClF3S/c10-7-3-5(9(11,12)13)4-8-6(7)1-2-14-8/h2-4H. The molecule has 0 saturated heterocycles. The van der Waals surface area contributed by atoms with Crippen molar-refractivity contribution in [1.82, 2.24) is 0 Å². The number of benzene rings is 1. The van der Waals surface area contributed by atoms with E-state index in [1.807, 2.05) is 0 Å². The van der Waals surface area contributed by atoms with Gasteiger partial charge in [0.1, 0.15) is 0 Å². The van der Waals surface area contributed by atoms with E-state index in [1.54, 1.807) is 5.38 Å². The molecule has 1 aromatic heterocycles. The summed E-state index contributed by atoms with van der Waals surface area (Å²) in [5.41, 5.74) is -0.717. The van der Waals surface area contributed by atoms with E-state index < -0.39 is 11.7 Å². The summed E-state index contributed by atoms with van der Waals surface area (Å²) in [6, 6.07) is 4.80. The molecule has 0 atom stereocenters. The molecule has 0 bridgehead atoms. The minimum Gasteiger partial charge on any atom is -0.166 e. The summed E-state index contributed by atoms with van der Waals surface area (Å²) in [6.07, 6.45) is -4.35. The van der Waals surface area contributed by atoms with Crippen molar-refractivity contribution in [3.8, 4) is 0 Å². The zero-order chi connectivity index (χ0) is 10.3. The molecule has 0 aliphatic rings. The highest BCUT2D eigenvalue weighted by molar-refractivity contribution is 7.17.